The minimum atomic E-state index is -1.02. The summed E-state index contributed by atoms with van der Waals surface area (Å²) in [5, 5.41) is 4.74. The van der Waals surface area contributed by atoms with Crippen molar-refractivity contribution in [1.82, 2.24) is 4.98 Å². The van der Waals surface area contributed by atoms with Crippen LogP contribution in [0.5, 0.6) is 0 Å². The first-order chi connectivity index (χ1) is 9.09. The van der Waals surface area contributed by atoms with Crippen LogP contribution in [0.2, 0.25) is 0 Å². The lowest BCUT2D eigenvalue weighted by atomic mass is 10.1. The maximum absolute atomic E-state index is 13.7. The van der Waals surface area contributed by atoms with E-state index in [1.807, 2.05) is 5.38 Å². The second-order valence-electron chi connectivity index (χ2n) is 3.81. The van der Waals surface area contributed by atoms with Gasteiger partial charge in [0.05, 0.1) is 16.9 Å². The summed E-state index contributed by atoms with van der Waals surface area (Å²) in [6.45, 7) is 0.465. The summed E-state index contributed by atoms with van der Waals surface area (Å²) < 4.78 is 27.3. The molecule has 2 aromatic rings. The summed E-state index contributed by atoms with van der Waals surface area (Å²) in [6, 6.07) is 2.79. The Bertz CT molecular complexity index is 585. The molecule has 0 aliphatic carbocycles. The van der Waals surface area contributed by atoms with E-state index in [4.69, 9.17) is 5.73 Å². The molecule has 0 saturated carbocycles. The number of aromatic nitrogens is 1. The molecule has 0 radical (unpaired) electrons. The van der Waals surface area contributed by atoms with Gasteiger partial charge in [0.25, 0.3) is 0 Å². The predicted octanol–water partition coefficient (Wildman–Crippen LogP) is 2.71. The molecule has 100 valence electrons. The number of hydrogen-bond donors (Lipinski definition) is 2. The summed E-state index contributed by atoms with van der Waals surface area (Å²) in [6.07, 6.45) is 0.640. The minimum Gasteiger partial charge on any atom is -0.389 e. The zero-order valence-corrected chi connectivity index (χ0v) is 11.5. The van der Waals surface area contributed by atoms with Crippen molar-refractivity contribution in [3.63, 3.8) is 0 Å². The maximum atomic E-state index is 13.7. The van der Waals surface area contributed by atoms with Crippen molar-refractivity contribution < 1.29 is 8.78 Å². The van der Waals surface area contributed by atoms with Crippen molar-refractivity contribution in [2.24, 2.45) is 5.73 Å². The quantitative estimate of drug-likeness (QED) is 0.834. The van der Waals surface area contributed by atoms with E-state index in [0.717, 1.165) is 5.69 Å². The second kappa shape index (κ2) is 6.03. The van der Waals surface area contributed by atoms with E-state index in [1.165, 1.54) is 23.5 Å². The number of thiazole rings is 1. The highest BCUT2D eigenvalue weighted by Gasteiger charge is 2.14. The van der Waals surface area contributed by atoms with Gasteiger partial charge < -0.3 is 11.1 Å². The Morgan fingerprint density at radius 1 is 1.37 bits per heavy atom. The SMILES string of the molecule is NC(=S)c1ccc(NCCc2cscn2)c(F)c1F. The van der Waals surface area contributed by atoms with Crippen LogP contribution < -0.4 is 11.1 Å². The lowest BCUT2D eigenvalue weighted by Gasteiger charge is -2.09. The summed E-state index contributed by atoms with van der Waals surface area (Å²) in [7, 11) is 0. The fourth-order valence-electron chi connectivity index (χ4n) is 1.56. The van der Waals surface area contributed by atoms with Crippen LogP contribution in [0, 0.1) is 11.6 Å². The Kier molecular flexibility index (Phi) is 4.39. The molecule has 3 N–H and O–H groups in total. The summed E-state index contributed by atoms with van der Waals surface area (Å²) in [4.78, 5) is 3.94. The molecular formula is C12H11F2N3S2. The number of rotatable bonds is 5. The van der Waals surface area contributed by atoms with E-state index >= 15 is 0 Å². The number of nitrogens with zero attached hydrogens (tertiary/aromatic N) is 1. The van der Waals surface area contributed by atoms with Gasteiger partial charge in [-0.1, -0.05) is 12.2 Å². The average molecular weight is 299 g/mol. The normalized spacial score (nSPS) is 10.4. The molecular weight excluding hydrogens is 288 g/mol. The highest BCUT2D eigenvalue weighted by molar-refractivity contribution is 7.80. The third-order valence-electron chi connectivity index (χ3n) is 2.53. The molecule has 3 nitrogen and oxygen atoms in total. The Morgan fingerprint density at radius 2 is 2.16 bits per heavy atom. The third-order valence-corrected chi connectivity index (χ3v) is 3.38. The Morgan fingerprint density at radius 3 is 2.79 bits per heavy atom. The van der Waals surface area contributed by atoms with Gasteiger partial charge in [-0.05, 0) is 12.1 Å². The van der Waals surface area contributed by atoms with E-state index in [0.29, 0.717) is 13.0 Å². The van der Waals surface area contributed by atoms with Crippen molar-refractivity contribution in [3.8, 4) is 0 Å². The fraction of sp³-hybridized carbons (Fsp3) is 0.167. The van der Waals surface area contributed by atoms with Gasteiger partial charge in [-0.15, -0.1) is 11.3 Å². The van der Waals surface area contributed by atoms with Gasteiger partial charge in [0, 0.05) is 23.9 Å². The molecule has 1 aromatic heterocycles. The van der Waals surface area contributed by atoms with Crippen molar-refractivity contribution in [3.05, 3.63) is 45.9 Å². The van der Waals surface area contributed by atoms with Crippen LogP contribution in [-0.4, -0.2) is 16.5 Å². The molecule has 0 amide bonds. The van der Waals surface area contributed by atoms with Crippen LogP contribution >= 0.6 is 23.6 Å². The van der Waals surface area contributed by atoms with Crippen LogP contribution in [0.1, 0.15) is 11.3 Å². The molecule has 19 heavy (non-hydrogen) atoms. The summed E-state index contributed by atoms with van der Waals surface area (Å²) in [5.74, 6) is -1.99. The standard InChI is InChI=1S/C12H11F2N3S2/c13-10-8(12(15)18)1-2-9(11(10)14)16-4-3-7-5-19-6-17-7/h1-2,5-6,16H,3-4H2,(H2,15,18). The topological polar surface area (TPSA) is 50.9 Å². The molecule has 0 saturated heterocycles. The van der Waals surface area contributed by atoms with E-state index < -0.39 is 11.6 Å². The van der Waals surface area contributed by atoms with Crippen molar-refractivity contribution in [1.29, 1.82) is 0 Å². The molecule has 1 heterocycles. The van der Waals surface area contributed by atoms with E-state index in [-0.39, 0.29) is 16.2 Å². The molecule has 0 atom stereocenters. The van der Waals surface area contributed by atoms with E-state index in [1.54, 1.807) is 5.51 Å². The van der Waals surface area contributed by atoms with Gasteiger partial charge >= 0.3 is 0 Å². The molecule has 0 bridgehead atoms. The van der Waals surface area contributed by atoms with Gasteiger partial charge in [-0.3, -0.25) is 0 Å². The van der Waals surface area contributed by atoms with Gasteiger partial charge in [0.1, 0.15) is 4.99 Å². The predicted molar refractivity (Wildman–Crippen MR) is 76.6 cm³/mol. The first-order valence-corrected chi connectivity index (χ1v) is 6.83. The highest BCUT2D eigenvalue weighted by atomic mass is 32.1. The number of hydrogen-bond acceptors (Lipinski definition) is 4. The lowest BCUT2D eigenvalue weighted by Crippen LogP contribution is -2.14. The van der Waals surface area contributed by atoms with Gasteiger partial charge in [-0.2, -0.15) is 0 Å². The minimum absolute atomic E-state index is 0.0856. The Labute approximate surface area is 118 Å². The van der Waals surface area contributed by atoms with Crippen LogP contribution in [0.4, 0.5) is 14.5 Å². The van der Waals surface area contributed by atoms with Gasteiger partial charge in [0.2, 0.25) is 0 Å². The molecule has 0 aliphatic heterocycles. The van der Waals surface area contributed by atoms with Gasteiger partial charge in [0.15, 0.2) is 11.6 Å². The molecule has 1 aromatic carbocycles. The third kappa shape index (κ3) is 3.24. The first-order valence-electron chi connectivity index (χ1n) is 5.48. The molecule has 7 heteroatoms. The fourth-order valence-corrected chi connectivity index (χ4v) is 2.31. The number of thiocarbonyl (C=S) groups is 1. The van der Waals surface area contributed by atoms with Gasteiger partial charge in [-0.25, -0.2) is 13.8 Å². The average Bonchev–Trinajstić information content (AvgIpc) is 2.87. The van der Waals surface area contributed by atoms with E-state index in [2.05, 4.69) is 22.5 Å². The smallest absolute Gasteiger partial charge is 0.182 e. The molecule has 0 spiro atoms. The zero-order valence-electron chi connectivity index (χ0n) is 9.82. The number of nitrogens with two attached hydrogens (primary N) is 1. The zero-order chi connectivity index (χ0) is 13.8. The Hall–Kier alpha value is -1.60. The lowest BCUT2D eigenvalue weighted by molar-refractivity contribution is 0.509. The van der Waals surface area contributed by atoms with Crippen molar-refractivity contribution in [2.75, 3.05) is 11.9 Å². The Balaban J connectivity index is 2.05. The monoisotopic (exact) mass is 299 g/mol. The molecule has 0 fully saturated rings. The van der Waals surface area contributed by atoms with Crippen LogP contribution in [0.25, 0.3) is 0 Å². The van der Waals surface area contributed by atoms with Crippen LogP contribution in [0.3, 0.4) is 0 Å². The number of benzene rings is 1. The largest absolute Gasteiger partial charge is 0.389 e. The van der Waals surface area contributed by atoms with Crippen molar-refractivity contribution >= 4 is 34.2 Å². The number of nitrogens with one attached hydrogen (secondary N) is 1. The van der Waals surface area contributed by atoms with Crippen LogP contribution in [0.15, 0.2) is 23.0 Å². The first kappa shape index (κ1) is 13.8. The highest BCUT2D eigenvalue weighted by Crippen LogP contribution is 2.20. The second-order valence-corrected chi connectivity index (χ2v) is 4.97. The molecule has 0 aliphatic rings. The molecule has 0 unspecified atom stereocenters. The van der Waals surface area contributed by atoms with Crippen molar-refractivity contribution in [2.45, 2.75) is 6.42 Å². The van der Waals surface area contributed by atoms with E-state index in [9.17, 15) is 8.78 Å². The number of anilines is 1. The maximum Gasteiger partial charge on any atom is 0.182 e. The van der Waals surface area contributed by atoms with Crippen LogP contribution in [-0.2, 0) is 6.42 Å². The summed E-state index contributed by atoms with van der Waals surface area (Å²) >= 11 is 6.13. The number of halogens is 2. The summed E-state index contributed by atoms with van der Waals surface area (Å²) in [5.41, 5.74) is 7.94. The molecule has 2 rings (SSSR count).